The van der Waals surface area contributed by atoms with Gasteiger partial charge in [0.2, 0.25) is 0 Å². The lowest BCUT2D eigenvalue weighted by Crippen LogP contribution is -2.02. The second-order valence-electron chi connectivity index (χ2n) is 1.81. The highest BCUT2D eigenvalue weighted by Gasteiger charge is 1.84. The Morgan fingerprint density at radius 3 is 2.56 bits per heavy atom. The molecular weight excluding hydrogens is 132 g/mol. The molecule has 0 aliphatic heterocycles. The molecule has 0 spiro atoms. The van der Waals surface area contributed by atoms with Gasteiger partial charge < -0.3 is 9.47 Å². The summed E-state index contributed by atoms with van der Waals surface area (Å²) in [5, 5.41) is 0. The molecule has 0 atom stereocenters. The number of rotatable bonds is 6. The third-order valence-corrected chi connectivity index (χ3v) is 1.47. The van der Waals surface area contributed by atoms with Gasteiger partial charge in [0.25, 0.3) is 0 Å². The van der Waals surface area contributed by atoms with E-state index in [0.29, 0.717) is 6.61 Å². The highest BCUT2D eigenvalue weighted by atomic mass is 28.1. The van der Waals surface area contributed by atoms with Crippen LogP contribution in [0.1, 0.15) is 6.42 Å². The summed E-state index contributed by atoms with van der Waals surface area (Å²) in [5.74, 6) is 0. The molecule has 0 amide bonds. The molecule has 0 bridgehead atoms. The Kier molecular flexibility index (Phi) is 8.26. The Morgan fingerprint density at radius 1 is 1.22 bits per heavy atom. The monoisotopic (exact) mass is 147 g/mol. The van der Waals surface area contributed by atoms with Crippen molar-refractivity contribution in [2.75, 3.05) is 26.9 Å². The van der Waals surface area contributed by atoms with Crippen molar-refractivity contribution < 1.29 is 9.47 Å². The van der Waals surface area contributed by atoms with E-state index in [1.165, 1.54) is 12.5 Å². The van der Waals surface area contributed by atoms with Crippen LogP contribution in [0.4, 0.5) is 0 Å². The van der Waals surface area contributed by atoms with E-state index < -0.39 is 0 Å². The molecule has 0 unspecified atom stereocenters. The topological polar surface area (TPSA) is 18.5 Å². The van der Waals surface area contributed by atoms with Gasteiger partial charge in [-0.1, -0.05) is 6.04 Å². The van der Waals surface area contributed by atoms with E-state index >= 15 is 0 Å². The van der Waals surface area contributed by atoms with E-state index in [4.69, 9.17) is 9.47 Å². The number of methoxy groups -OCH3 is 1. The molecule has 1 radical (unpaired) electrons. The molecule has 0 aromatic carbocycles. The van der Waals surface area contributed by atoms with Gasteiger partial charge in [-0.05, 0) is 6.42 Å². The smallest absolute Gasteiger partial charge is 0.0700 e. The summed E-state index contributed by atoms with van der Waals surface area (Å²) in [6.07, 6.45) is 1.17. The zero-order valence-electron chi connectivity index (χ0n) is 6.06. The predicted molar refractivity (Wildman–Crippen MR) is 40.7 cm³/mol. The molecule has 0 aromatic rings. The van der Waals surface area contributed by atoms with E-state index in [1.54, 1.807) is 7.11 Å². The van der Waals surface area contributed by atoms with Crippen LogP contribution >= 0.6 is 0 Å². The standard InChI is InChI=1S/C6H15O2Si/c1-7-4-5-8-3-2-6-9/h2-6,9H2,1H3. The summed E-state index contributed by atoms with van der Waals surface area (Å²) in [7, 11) is 3.67. The van der Waals surface area contributed by atoms with Crippen molar-refractivity contribution >= 4 is 10.2 Å². The average Bonchev–Trinajstić information content (AvgIpc) is 1.89. The fourth-order valence-electron chi connectivity index (χ4n) is 0.448. The largest absolute Gasteiger partial charge is 0.382 e. The molecule has 0 aromatic heterocycles. The molecule has 0 saturated heterocycles. The van der Waals surface area contributed by atoms with Crippen LogP contribution < -0.4 is 0 Å². The molecule has 0 aliphatic carbocycles. The molecule has 0 N–H and O–H groups in total. The van der Waals surface area contributed by atoms with Crippen molar-refractivity contribution in [1.82, 2.24) is 0 Å². The fourth-order valence-corrected chi connectivity index (χ4v) is 0.653. The van der Waals surface area contributed by atoms with Crippen molar-refractivity contribution in [2.45, 2.75) is 12.5 Å². The van der Waals surface area contributed by atoms with Gasteiger partial charge in [0.15, 0.2) is 0 Å². The molecule has 0 fully saturated rings. The van der Waals surface area contributed by atoms with Gasteiger partial charge >= 0.3 is 0 Å². The summed E-state index contributed by atoms with van der Waals surface area (Å²) in [5.41, 5.74) is 0. The molecule has 3 heteroatoms. The van der Waals surface area contributed by atoms with Crippen molar-refractivity contribution in [3.63, 3.8) is 0 Å². The summed E-state index contributed by atoms with van der Waals surface area (Å²) < 4.78 is 9.99. The van der Waals surface area contributed by atoms with Crippen LogP contribution in [0.3, 0.4) is 0 Å². The summed E-state index contributed by atoms with van der Waals surface area (Å²) in [6, 6.07) is 1.23. The zero-order valence-corrected chi connectivity index (χ0v) is 7.47. The molecule has 0 aliphatic rings. The highest BCUT2D eigenvalue weighted by Crippen LogP contribution is 1.85. The first-order valence-electron chi connectivity index (χ1n) is 3.27. The predicted octanol–water partition coefficient (Wildman–Crippen LogP) is 0.0909. The van der Waals surface area contributed by atoms with E-state index in [-0.39, 0.29) is 0 Å². The maximum atomic E-state index is 5.19. The normalized spacial score (nSPS) is 10.0. The Labute approximate surface area is 60.0 Å². The quantitative estimate of drug-likeness (QED) is 0.391. The lowest BCUT2D eigenvalue weighted by atomic mass is 10.5. The lowest BCUT2D eigenvalue weighted by Gasteiger charge is -2.00. The van der Waals surface area contributed by atoms with Gasteiger partial charge in [-0.2, -0.15) is 0 Å². The van der Waals surface area contributed by atoms with Crippen LogP contribution in [0, 0.1) is 0 Å². The van der Waals surface area contributed by atoms with Gasteiger partial charge in [0.1, 0.15) is 0 Å². The SMILES string of the molecule is COCCOCCC[SiH2]. The molecule has 0 heterocycles. The van der Waals surface area contributed by atoms with Crippen molar-refractivity contribution in [3.05, 3.63) is 0 Å². The highest BCUT2D eigenvalue weighted by molar-refractivity contribution is 6.08. The maximum Gasteiger partial charge on any atom is 0.0700 e. The van der Waals surface area contributed by atoms with Gasteiger partial charge in [0, 0.05) is 24.0 Å². The second kappa shape index (κ2) is 8.14. The zero-order chi connectivity index (χ0) is 6.95. The van der Waals surface area contributed by atoms with Gasteiger partial charge in [0.05, 0.1) is 13.2 Å². The molecular formula is C6H15O2Si. The number of hydrogen-bond donors (Lipinski definition) is 0. The van der Waals surface area contributed by atoms with Crippen molar-refractivity contribution in [3.8, 4) is 0 Å². The molecule has 0 saturated carbocycles. The number of hydrogen-bond acceptors (Lipinski definition) is 2. The van der Waals surface area contributed by atoms with E-state index in [9.17, 15) is 0 Å². The Balaban J connectivity index is 2.60. The van der Waals surface area contributed by atoms with Crippen LogP contribution in [0.15, 0.2) is 0 Å². The first kappa shape index (κ1) is 9.14. The van der Waals surface area contributed by atoms with E-state index in [0.717, 1.165) is 13.2 Å². The minimum absolute atomic E-state index is 0.714. The Bertz CT molecular complexity index is 44.3. The van der Waals surface area contributed by atoms with Gasteiger partial charge in [-0.3, -0.25) is 0 Å². The van der Waals surface area contributed by atoms with Crippen LogP contribution in [-0.2, 0) is 9.47 Å². The van der Waals surface area contributed by atoms with Gasteiger partial charge in [-0.25, -0.2) is 0 Å². The van der Waals surface area contributed by atoms with E-state index in [2.05, 4.69) is 0 Å². The molecule has 55 valence electrons. The van der Waals surface area contributed by atoms with E-state index in [1.807, 2.05) is 10.2 Å². The summed E-state index contributed by atoms with van der Waals surface area (Å²) >= 11 is 0. The summed E-state index contributed by atoms with van der Waals surface area (Å²) in [6.45, 7) is 2.33. The van der Waals surface area contributed by atoms with Crippen LogP contribution in [-0.4, -0.2) is 37.2 Å². The van der Waals surface area contributed by atoms with Crippen LogP contribution in [0.2, 0.25) is 6.04 Å². The fraction of sp³-hybridized carbons (Fsp3) is 1.00. The Morgan fingerprint density at radius 2 is 2.00 bits per heavy atom. The third kappa shape index (κ3) is 8.14. The minimum Gasteiger partial charge on any atom is -0.382 e. The van der Waals surface area contributed by atoms with Crippen LogP contribution in [0.25, 0.3) is 0 Å². The maximum absolute atomic E-state index is 5.19. The summed E-state index contributed by atoms with van der Waals surface area (Å²) in [4.78, 5) is 0. The molecule has 2 nitrogen and oxygen atoms in total. The first-order valence-corrected chi connectivity index (χ1v) is 4.27. The van der Waals surface area contributed by atoms with Crippen molar-refractivity contribution in [2.24, 2.45) is 0 Å². The average molecular weight is 147 g/mol. The molecule has 9 heavy (non-hydrogen) atoms. The van der Waals surface area contributed by atoms with Gasteiger partial charge in [-0.15, -0.1) is 0 Å². The number of ether oxygens (including phenoxy) is 2. The third-order valence-electron chi connectivity index (χ3n) is 0.970. The molecule has 0 rings (SSSR count). The lowest BCUT2D eigenvalue weighted by molar-refractivity contribution is 0.0710. The second-order valence-corrected chi connectivity index (χ2v) is 2.52. The first-order chi connectivity index (χ1) is 4.41. The van der Waals surface area contributed by atoms with Crippen molar-refractivity contribution in [1.29, 1.82) is 0 Å². The Hall–Kier alpha value is 0.137. The minimum atomic E-state index is 0.714. The van der Waals surface area contributed by atoms with Crippen LogP contribution in [0.5, 0.6) is 0 Å².